The number of nitrogens with zero attached hydrogens (tertiary/aromatic N) is 1. The van der Waals surface area contributed by atoms with Crippen LogP contribution in [0.1, 0.15) is 23.1 Å². The second-order valence-electron chi connectivity index (χ2n) is 5.70. The van der Waals surface area contributed by atoms with Crippen LogP contribution in [0.15, 0.2) is 47.6 Å². The van der Waals surface area contributed by atoms with E-state index in [-0.39, 0.29) is 6.79 Å². The third kappa shape index (κ3) is 3.05. The van der Waals surface area contributed by atoms with Gasteiger partial charge < -0.3 is 14.8 Å². The van der Waals surface area contributed by atoms with Crippen LogP contribution in [-0.2, 0) is 13.0 Å². The van der Waals surface area contributed by atoms with Crippen molar-refractivity contribution < 1.29 is 9.47 Å². The van der Waals surface area contributed by atoms with Crippen LogP contribution in [0.4, 0.5) is 0 Å². The van der Waals surface area contributed by atoms with Crippen LogP contribution in [0.5, 0.6) is 11.5 Å². The van der Waals surface area contributed by atoms with Gasteiger partial charge in [0.05, 0.1) is 5.71 Å². The molecule has 1 aliphatic carbocycles. The molecule has 6 heteroatoms. The van der Waals surface area contributed by atoms with Crippen LogP contribution in [0.25, 0.3) is 0 Å². The summed E-state index contributed by atoms with van der Waals surface area (Å²) in [6, 6.07) is 14.2. The Bertz CT molecular complexity index is 820. The van der Waals surface area contributed by atoms with E-state index in [0.29, 0.717) is 11.7 Å². The van der Waals surface area contributed by atoms with E-state index >= 15 is 0 Å². The molecule has 0 amide bonds. The maximum atomic E-state index is 5.37. The summed E-state index contributed by atoms with van der Waals surface area (Å²) in [7, 11) is 0. The molecule has 0 atom stereocenters. The molecular weight excluding hydrogens is 322 g/mol. The lowest BCUT2D eigenvalue weighted by atomic mass is 10.1. The van der Waals surface area contributed by atoms with Crippen LogP contribution in [-0.4, -0.2) is 17.6 Å². The number of nitrogens with one attached hydrogen (secondary N) is 2. The molecule has 4 rings (SSSR count). The van der Waals surface area contributed by atoms with Crippen LogP contribution >= 0.6 is 12.2 Å². The van der Waals surface area contributed by atoms with E-state index in [1.165, 1.54) is 11.1 Å². The molecule has 0 radical (unpaired) electrons. The van der Waals surface area contributed by atoms with Crippen molar-refractivity contribution in [2.24, 2.45) is 5.10 Å². The molecule has 24 heavy (non-hydrogen) atoms. The lowest BCUT2D eigenvalue weighted by Gasteiger charge is -2.08. The highest BCUT2D eigenvalue weighted by molar-refractivity contribution is 7.80. The number of rotatable bonds is 3. The van der Waals surface area contributed by atoms with Gasteiger partial charge in [-0.1, -0.05) is 30.3 Å². The summed E-state index contributed by atoms with van der Waals surface area (Å²) in [4.78, 5) is 0. The van der Waals surface area contributed by atoms with Gasteiger partial charge in [0.15, 0.2) is 16.6 Å². The topological polar surface area (TPSA) is 54.9 Å². The zero-order valence-corrected chi connectivity index (χ0v) is 13.9. The van der Waals surface area contributed by atoms with E-state index < -0.39 is 0 Å². The van der Waals surface area contributed by atoms with Gasteiger partial charge in [-0.05, 0) is 48.3 Å². The van der Waals surface area contributed by atoms with Crippen molar-refractivity contribution in [2.45, 2.75) is 19.4 Å². The molecule has 0 fully saturated rings. The molecule has 0 saturated heterocycles. The number of thiocarbonyl (C=S) groups is 1. The average Bonchev–Trinajstić information content (AvgIpc) is 3.24. The molecule has 0 saturated carbocycles. The van der Waals surface area contributed by atoms with Gasteiger partial charge in [-0.2, -0.15) is 5.10 Å². The summed E-state index contributed by atoms with van der Waals surface area (Å²) in [6.45, 7) is 0.884. The van der Waals surface area contributed by atoms with E-state index in [0.717, 1.165) is 35.6 Å². The smallest absolute Gasteiger partial charge is 0.231 e. The van der Waals surface area contributed by atoms with Crippen LogP contribution in [0.3, 0.4) is 0 Å². The first-order chi connectivity index (χ1) is 11.8. The van der Waals surface area contributed by atoms with E-state index in [1.54, 1.807) is 0 Å². The maximum absolute atomic E-state index is 5.37. The number of hydrazone groups is 1. The highest BCUT2D eigenvalue weighted by Gasteiger charge is 2.17. The number of fused-ring (bicyclic) bond motifs is 2. The Kier molecular flexibility index (Phi) is 4.04. The molecule has 0 aromatic heterocycles. The summed E-state index contributed by atoms with van der Waals surface area (Å²) >= 11 is 5.30. The van der Waals surface area contributed by atoms with Crippen LogP contribution < -0.4 is 20.2 Å². The van der Waals surface area contributed by atoms with E-state index in [9.17, 15) is 0 Å². The van der Waals surface area contributed by atoms with Crippen molar-refractivity contribution in [3.8, 4) is 11.5 Å². The molecule has 122 valence electrons. The number of hydrogen-bond donors (Lipinski definition) is 2. The molecule has 0 bridgehead atoms. The SMILES string of the molecule is S=C(NCc1ccc2c(c1)OCO2)N/N=C1\CCc2ccccc21. The third-order valence-electron chi connectivity index (χ3n) is 4.14. The highest BCUT2D eigenvalue weighted by Crippen LogP contribution is 2.32. The summed E-state index contributed by atoms with van der Waals surface area (Å²) in [6.07, 6.45) is 1.98. The molecule has 5 nitrogen and oxygen atoms in total. The minimum Gasteiger partial charge on any atom is -0.454 e. The summed E-state index contributed by atoms with van der Waals surface area (Å²) in [5.74, 6) is 1.56. The number of hydrogen-bond acceptors (Lipinski definition) is 4. The minimum atomic E-state index is 0.283. The summed E-state index contributed by atoms with van der Waals surface area (Å²) in [5.41, 5.74) is 7.62. The van der Waals surface area contributed by atoms with E-state index in [2.05, 4.69) is 34.0 Å². The minimum absolute atomic E-state index is 0.283. The molecule has 1 aliphatic heterocycles. The zero-order valence-electron chi connectivity index (χ0n) is 13.0. The van der Waals surface area contributed by atoms with Gasteiger partial charge in [0.25, 0.3) is 0 Å². The zero-order chi connectivity index (χ0) is 16.4. The van der Waals surface area contributed by atoms with Gasteiger partial charge in [-0.25, -0.2) is 0 Å². The van der Waals surface area contributed by atoms with Crippen molar-refractivity contribution in [3.63, 3.8) is 0 Å². The fourth-order valence-corrected chi connectivity index (χ4v) is 3.03. The summed E-state index contributed by atoms with van der Waals surface area (Å²) < 4.78 is 10.7. The Balaban J connectivity index is 1.34. The maximum Gasteiger partial charge on any atom is 0.231 e. The third-order valence-corrected chi connectivity index (χ3v) is 4.38. The monoisotopic (exact) mass is 339 g/mol. The van der Waals surface area contributed by atoms with Crippen LogP contribution in [0, 0.1) is 0 Å². The summed E-state index contributed by atoms with van der Waals surface area (Å²) in [5, 5.41) is 8.11. The van der Waals surface area contributed by atoms with Gasteiger partial charge in [0.1, 0.15) is 0 Å². The Labute approximate surface area is 145 Å². The standard InChI is InChI=1S/C18H17N3O2S/c24-18(19-10-12-5-8-16-17(9-12)23-11-22-16)21-20-15-7-6-13-3-1-2-4-14(13)15/h1-5,8-9H,6-7,10-11H2,(H2,19,21,24)/b20-15+. The molecule has 1 heterocycles. The first-order valence-corrected chi connectivity index (χ1v) is 8.27. The quantitative estimate of drug-likeness (QED) is 0.665. The second kappa shape index (κ2) is 6.49. The number of aryl methyl sites for hydroxylation is 1. The van der Waals surface area contributed by atoms with E-state index in [1.807, 2.05) is 24.3 Å². The molecule has 0 spiro atoms. The first kappa shape index (κ1) is 15.0. The van der Waals surface area contributed by atoms with Crippen molar-refractivity contribution in [1.29, 1.82) is 0 Å². The fraction of sp³-hybridized carbons (Fsp3) is 0.222. The van der Waals surface area contributed by atoms with Crippen molar-refractivity contribution in [1.82, 2.24) is 10.7 Å². The Morgan fingerprint density at radius 3 is 2.92 bits per heavy atom. The lowest BCUT2D eigenvalue weighted by molar-refractivity contribution is 0.174. The molecular formula is C18H17N3O2S. The van der Waals surface area contributed by atoms with Gasteiger partial charge >= 0.3 is 0 Å². The van der Waals surface area contributed by atoms with Gasteiger partial charge in [0.2, 0.25) is 6.79 Å². The van der Waals surface area contributed by atoms with Crippen LogP contribution in [0.2, 0.25) is 0 Å². The number of ether oxygens (including phenoxy) is 2. The van der Waals surface area contributed by atoms with Crippen molar-refractivity contribution in [2.75, 3.05) is 6.79 Å². The predicted octanol–water partition coefficient (Wildman–Crippen LogP) is 2.73. The highest BCUT2D eigenvalue weighted by atomic mass is 32.1. The largest absolute Gasteiger partial charge is 0.454 e. The fourth-order valence-electron chi connectivity index (χ4n) is 2.91. The second-order valence-corrected chi connectivity index (χ2v) is 6.11. The van der Waals surface area contributed by atoms with Crippen molar-refractivity contribution >= 4 is 23.0 Å². The van der Waals surface area contributed by atoms with Gasteiger partial charge in [0, 0.05) is 12.1 Å². The van der Waals surface area contributed by atoms with Crippen molar-refractivity contribution in [3.05, 3.63) is 59.2 Å². The normalized spacial score (nSPS) is 16.1. The predicted molar refractivity (Wildman–Crippen MR) is 96.4 cm³/mol. The molecule has 2 aromatic carbocycles. The lowest BCUT2D eigenvalue weighted by Crippen LogP contribution is -2.32. The Morgan fingerprint density at radius 1 is 1.08 bits per heavy atom. The molecule has 2 aliphatic rings. The Hall–Kier alpha value is -2.60. The molecule has 2 aromatic rings. The van der Waals surface area contributed by atoms with Gasteiger partial charge in [-0.15, -0.1) is 0 Å². The first-order valence-electron chi connectivity index (χ1n) is 7.87. The van der Waals surface area contributed by atoms with Gasteiger partial charge in [-0.3, -0.25) is 5.43 Å². The van der Waals surface area contributed by atoms with E-state index in [4.69, 9.17) is 21.7 Å². The Morgan fingerprint density at radius 2 is 1.96 bits per heavy atom. The average molecular weight is 339 g/mol. The number of benzene rings is 2. The molecule has 2 N–H and O–H groups in total. The molecule has 0 unspecified atom stereocenters.